The Morgan fingerprint density at radius 3 is 2.17 bits per heavy atom. The van der Waals surface area contributed by atoms with Gasteiger partial charge in [-0.05, 0) is 51.3 Å². The first-order valence-corrected chi connectivity index (χ1v) is 13.2. The molecule has 2 rings (SSSR count). The highest BCUT2D eigenvalue weighted by Crippen LogP contribution is 2.27. The van der Waals surface area contributed by atoms with Crippen LogP contribution in [0.4, 0.5) is 0 Å². The molecule has 198 valence electrons. The van der Waals surface area contributed by atoms with Gasteiger partial charge in [0.15, 0.2) is 5.69 Å². The van der Waals surface area contributed by atoms with Crippen LogP contribution in [-0.2, 0) is 9.47 Å². The molecule has 0 radical (unpaired) electrons. The molecule has 1 heterocycles. The number of hydrogen-bond donors (Lipinski definition) is 0. The molecule has 0 fully saturated rings. The maximum absolute atomic E-state index is 13.4. The second kappa shape index (κ2) is 14.6. The van der Waals surface area contributed by atoms with Gasteiger partial charge < -0.3 is 14.4 Å². The number of esters is 2. The van der Waals surface area contributed by atoms with Crippen molar-refractivity contribution in [1.82, 2.24) is 14.7 Å². The second-order valence-corrected chi connectivity index (χ2v) is 8.98. The molecule has 0 saturated carbocycles. The second-order valence-electron chi connectivity index (χ2n) is 8.60. The van der Waals surface area contributed by atoms with Crippen molar-refractivity contribution in [3.8, 4) is 5.69 Å². The zero-order valence-electron chi connectivity index (χ0n) is 22.1. The SMILES string of the molecule is CCCCOC(=O)c1ccc(-n2nc(C(=O)N(CCCC)CCCC)c(Cl)c2C)c(C(=O)OCC)c1. The van der Waals surface area contributed by atoms with E-state index in [0.717, 1.165) is 38.5 Å². The number of carbonyl (C=O) groups is 3. The van der Waals surface area contributed by atoms with Gasteiger partial charge in [-0.2, -0.15) is 5.10 Å². The van der Waals surface area contributed by atoms with Crippen LogP contribution in [-0.4, -0.2) is 58.8 Å². The Bertz CT molecular complexity index is 1040. The summed E-state index contributed by atoms with van der Waals surface area (Å²) in [7, 11) is 0. The number of ether oxygens (including phenoxy) is 2. The minimum atomic E-state index is -0.609. The molecular weight excluding hydrogens is 482 g/mol. The van der Waals surface area contributed by atoms with Crippen molar-refractivity contribution in [3.05, 3.63) is 45.7 Å². The lowest BCUT2D eigenvalue weighted by Crippen LogP contribution is -2.33. The molecule has 2 aromatic rings. The third-order valence-corrected chi connectivity index (χ3v) is 6.24. The molecule has 1 amide bonds. The van der Waals surface area contributed by atoms with Crippen LogP contribution in [0, 0.1) is 6.92 Å². The number of carbonyl (C=O) groups excluding carboxylic acids is 3. The lowest BCUT2D eigenvalue weighted by molar-refractivity contribution is 0.0499. The fourth-order valence-corrected chi connectivity index (χ4v) is 3.83. The fourth-order valence-electron chi connectivity index (χ4n) is 3.63. The van der Waals surface area contributed by atoms with Gasteiger partial charge in [-0.1, -0.05) is 51.6 Å². The summed E-state index contributed by atoms with van der Waals surface area (Å²) in [5, 5.41) is 4.76. The number of unbranched alkanes of at least 4 members (excludes halogenated alkanes) is 3. The van der Waals surface area contributed by atoms with Gasteiger partial charge in [-0.15, -0.1) is 0 Å². The number of rotatable bonds is 14. The predicted molar refractivity (Wildman–Crippen MR) is 140 cm³/mol. The summed E-state index contributed by atoms with van der Waals surface area (Å²) < 4.78 is 12.0. The first-order chi connectivity index (χ1) is 17.3. The van der Waals surface area contributed by atoms with E-state index in [4.69, 9.17) is 21.1 Å². The molecule has 0 bridgehead atoms. The average Bonchev–Trinajstić information content (AvgIpc) is 3.17. The molecule has 0 unspecified atom stereocenters. The van der Waals surface area contributed by atoms with Crippen molar-refractivity contribution in [2.45, 2.75) is 73.1 Å². The van der Waals surface area contributed by atoms with Crippen LogP contribution in [0.15, 0.2) is 18.2 Å². The molecule has 0 atom stereocenters. The van der Waals surface area contributed by atoms with Crippen molar-refractivity contribution < 1.29 is 23.9 Å². The van der Waals surface area contributed by atoms with Gasteiger partial charge in [0.1, 0.15) is 0 Å². The number of benzene rings is 1. The third-order valence-electron chi connectivity index (χ3n) is 5.78. The fraction of sp³-hybridized carbons (Fsp3) is 0.556. The van der Waals surface area contributed by atoms with Crippen molar-refractivity contribution in [3.63, 3.8) is 0 Å². The standard InChI is InChI=1S/C27H38ClN3O5/c1-6-10-15-30(16-11-7-2)25(32)24-23(28)19(5)31(29-24)22-14-13-20(26(33)36-17-12-8-3)18-21(22)27(34)35-9-4/h13-14,18H,6-12,15-17H2,1-5H3. The molecule has 0 saturated heterocycles. The topological polar surface area (TPSA) is 90.7 Å². The van der Waals surface area contributed by atoms with E-state index in [2.05, 4.69) is 18.9 Å². The van der Waals surface area contributed by atoms with E-state index in [1.165, 1.54) is 10.7 Å². The third kappa shape index (κ3) is 7.32. The Balaban J connectivity index is 2.50. The summed E-state index contributed by atoms with van der Waals surface area (Å²) in [6.07, 6.45) is 5.35. The maximum atomic E-state index is 13.4. The van der Waals surface area contributed by atoms with Crippen LogP contribution >= 0.6 is 11.6 Å². The first kappa shape index (κ1) is 29.4. The van der Waals surface area contributed by atoms with E-state index in [-0.39, 0.29) is 34.4 Å². The van der Waals surface area contributed by atoms with E-state index < -0.39 is 11.9 Å². The van der Waals surface area contributed by atoms with Crippen molar-refractivity contribution in [1.29, 1.82) is 0 Å². The van der Waals surface area contributed by atoms with Crippen molar-refractivity contribution in [2.24, 2.45) is 0 Å². The molecule has 0 aliphatic rings. The van der Waals surface area contributed by atoms with Gasteiger partial charge in [0, 0.05) is 13.1 Å². The molecule has 9 heteroatoms. The lowest BCUT2D eigenvalue weighted by atomic mass is 10.1. The highest BCUT2D eigenvalue weighted by atomic mass is 35.5. The Kier molecular flexibility index (Phi) is 11.9. The first-order valence-electron chi connectivity index (χ1n) is 12.8. The predicted octanol–water partition coefficient (Wildman–Crippen LogP) is 6.01. The van der Waals surface area contributed by atoms with Gasteiger partial charge in [0.25, 0.3) is 5.91 Å². The number of hydrogen-bond acceptors (Lipinski definition) is 6. The van der Waals surface area contributed by atoms with E-state index in [1.807, 2.05) is 6.92 Å². The Morgan fingerprint density at radius 2 is 1.58 bits per heavy atom. The van der Waals surface area contributed by atoms with Crippen LogP contribution < -0.4 is 0 Å². The van der Waals surface area contributed by atoms with Gasteiger partial charge >= 0.3 is 11.9 Å². The van der Waals surface area contributed by atoms with Crippen LogP contribution in [0.3, 0.4) is 0 Å². The summed E-state index contributed by atoms with van der Waals surface area (Å²) in [6.45, 7) is 11.3. The van der Waals surface area contributed by atoms with E-state index >= 15 is 0 Å². The van der Waals surface area contributed by atoms with Crippen LogP contribution in [0.1, 0.15) is 103 Å². The molecule has 8 nitrogen and oxygen atoms in total. The van der Waals surface area contributed by atoms with E-state index in [1.54, 1.807) is 30.9 Å². The minimum Gasteiger partial charge on any atom is -0.462 e. The zero-order chi connectivity index (χ0) is 26.7. The van der Waals surface area contributed by atoms with E-state index in [9.17, 15) is 14.4 Å². The smallest absolute Gasteiger partial charge is 0.340 e. The molecular formula is C27H38ClN3O5. The highest BCUT2D eigenvalue weighted by Gasteiger charge is 2.27. The summed E-state index contributed by atoms with van der Waals surface area (Å²) in [6, 6.07) is 4.60. The normalized spacial score (nSPS) is 10.8. The average molecular weight is 520 g/mol. The van der Waals surface area contributed by atoms with Crippen LogP contribution in [0.25, 0.3) is 5.69 Å². The monoisotopic (exact) mass is 519 g/mol. The molecule has 0 N–H and O–H groups in total. The molecule has 1 aromatic heterocycles. The summed E-state index contributed by atoms with van der Waals surface area (Å²) in [5.41, 5.74) is 1.38. The van der Waals surface area contributed by atoms with Crippen molar-refractivity contribution >= 4 is 29.4 Å². The van der Waals surface area contributed by atoms with Crippen LogP contribution in [0.2, 0.25) is 5.02 Å². The quantitative estimate of drug-likeness (QED) is 0.224. The van der Waals surface area contributed by atoms with Crippen molar-refractivity contribution in [2.75, 3.05) is 26.3 Å². The zero-order valence-corrected chi connectivity index (χ0v) is 22.8. The van der Waals surface area contributed by atoms with Gasteiger partial charge in [-0.3, -0.25) is 4.79 Å². The number of amides is 1. The number of nitrogens with zero attached hydrogens (tertiary/aromatic N) is 3. The number of halogens is 1. The lowest BCUT2D eigenvalue weighted by Gasteiger charge is -2.21. The van der Waals surface area contributed by atoms with Gasteiger partial charge in [0.05, 0.1) is 40.7 Å². The largest absolute Gasteiger partial charge is 0.462 e. The van der Waals surface area contributed by atoms with E-state index in [0.29, 0.717) is 31.1 Å². The molecule has 0 spiro atoms. The summed E-state index contributed by atoms with van der Waals surface area (Å²) >= 11 is 6.60. The summed E-state index contributed by atoms with van der Waals surface area (Å²) in [4.78, 5) is 40.5. The van der Waals surface area contributed by atoms with Gasteiger partial charge in [0.2, 0.25) is 0 Å². The van der Waals surface area contributed by atoms with Gasteiger partial charge in [-0.25, -0.2) is 14.3 Å². The summed E-state index contributed by atoms with van der Waals surface area (Å²) in [5.74, 6) is -1.37. The maximum Gasteiger partial charge on any atom is 0.340 e. The Morgan fingerprint density at radius 1 is 0.944 bits per heavy atom. The molecule has 0 aliphatic carbocycles. The Labute approximate surface area is 218 Å². The van der Waals surface area contributed by atoms with Crippen LogP contribution in [0.5, 0.6) is 0 Å². The molecule has 1 aromatic carbocycles. The molecule has 0 aliphatic heterocycles. The number of aromatic nitrogens is 2. The Hall–Kier alpha value is -2.87. The molecule has 36 heavy (non-hydrogen) atoms. The minimum absolute atomic E-state index is 0.136. The highest BCUT2D eigenvalue weighted by molar-refractivity contribution is 6.34.